The second kappa shape index (κ2) is 9.50. The fourth-order valence-corrected chi connectivity index (χ4v) is 4.35. The first kappa shape index (κ1) is 23.8. The number of likely N-dealkylation sites (tertiary alicyclic amines) is 1. The number of Topliss-reactive ketones (excluding diaryl/α,β-unsaturated/α-hetero) is 1. The molecule has 1 amide bonds. The molecule has 2 heterocycles. The van der Waals surface area contributed by atoms with Crippen LogP contribution in [0.15, 0.2) is 48.0 Å². The van der Waals surface area contributed by atoms with Crippen LogP contribution in [-0.4, -0.2) is 55.2 Å². The van der Waals surface area contributed by atoms with E-state index in [1.807, 2.05) is 24.3 Å². The molecule has 1 fully saturated rings. The average molecular weight is 466 g/mol. The third kappa shape index (κ3) is 4.53. The number of carbonyl (C=O) groups is 2. The van der Waals surface area contributed by atoms with Crippen molar-refractivity contribution in [3.63, 3.8) is 0 Å². The molecule has 0 bridgehead atoms. The van der Waals surface area contributed by atoms with Crippen LogP contribution >= 0.6 is 0 Å². The molecule has 2 aromatic rings. The van der Waals surface area contributed by atoms with Crippen LogP contribution in [0.4, 0.5) is 0 Å². The van der Waals surface area contributed by atoms with E-state index < -0.39 is 17.7 Å². The highest BCUT2D eigenvalue weighted by Gasteiger charge is 2.45. The van der Waals surface area contributed by atoms with E-state index in [4.69, 9.17) is 14.2 Å². The lowest BCUT2D eigenvalue weighted by Gasteiger charge is -2.26. The van der Waals surface area contributed by atoms with Gasteiger partial charge in [0, 0.05) is 25.8 Å². The van der Waals surface area contributed by atoms with Crippen molar-refractivity contribution >= 4 is 17.4 Å². The Morgan fingerprint density at radius 2 is 1.74 bits per heavy atom. The maximum Gasteiger partial charge on any atom is 0.295 e. The number of methoxy groups -OCH3 is 1. The molecular weight excluding hydrogens is 434 g/mol. The molecule has 0 saturated carbocycles. The van der Waals surface area contributed by atoms with E-state index in [2.05, 4.69) is 20.8 Å². The first-order valence-corrected chi connectivity index (χ1v) is 11.5. The normalized spacial score (nSPS) is 19.5. The Kier molecular flexibility index (Phi) is 6.66. The number of aliphatic hydroxyl groups is 1. The molecule has 4 rings (SSSR count). The molecule has 1 atom stereocenters. The predicted molar refractivity (Wildman–Crippen MR) is 128 cm³/mol. The molecule has 0 radical (unpaired) electrons. The summed E-state index contributed by atoms with van der Waals surface area (Å²) in [5, 5.41) is 11.3. The monoisotopic (exact) mass is 465 g/mol. The summed E-state index contributed by atoms with van der Waals surface area (Å²) in [5.74, 6) is -0.475. The van der Waals surface area contributed by atoms with Crippen LogP contribution in [0.5, 0.6) is 11.5 Å². The number of nitrogens with zero attached hydrogens (tertiary/aromatic N) is 1. The van der Waals surface area contributed by atoms with Crippen LogP contribution in [0.25, 0.3) is 5.76 Å². The summed E-state index contributed by atoms with van der Waals surface area (Å²) in [6, 6.07) is 12.2. The molecule has 0 spiro atoms. The van der Waals surface area contributed by atoms with Gasteiger partial charge in [0.05, 0.1) is 11.6 Å². The van der Waals surface area contributed by atoms with Crippen molar-refractivity contribution < 1.29 is 28.9 Å². The van der Waals surface area contributed by atoms with E-state index in [1.54, 1.807) is 25.3 Å². The van der Waals surface area contributed by atoms with E-state index in [-0.39, 0.29) is 16.7 Å². The lowest BCUT2D eigenvalue weighted by atomic mass is 9.85. The Morgan fingerprint density at radius 3 is 2.38 bits per heavy atom. The zero-order valence-corrected chi connectivity index (χ0v) is 20.1. The quantitative estimate of drug-likeness (QED) is 0.298. The van der Waals surface area contributed by atoms with Crippen LogP contribution in [0, 0.1) is 0 Å². The van der Waals surface area contributed by atoms with Gasteiger partial charge in [-0.2, -0.15) is 0 Å². The van der Waals surface area contributed by atoms with Gasteiger partial charge in [-0.1, -0.05) is 45.0 Å². The molecule has 7 heteroatoms. The molecule has 1 N–H and O–H groups in total. The van der Waals surface area contributed by atoms with Gasteiger partial charge >= 0.3 is 0 Å². The number of ether oxygens (including phenoxy) is 3. The lowest BCUT2D eigenvalue weighted by molar-refractivity contribution is -0.140. The van der Waals surface area contributed by atoms with Crippen molar-refractivity contribution in [2.24, 2.45) is 0 Å². The molecule has 2 aliphatic rings. The Hall–Kier alpha value is -3.32. The molecule has 7 nitrogen and oxygen atoms in total. The number of rotatable bonds is 6. The van der Waals surface area contributed by atoms with Crippen LogP contribution < -0.4 is 9.47 Å². The first-order valence-electron chi connectivity index (χ1n) is 11.5. The number of hydrogen-bond donors (Lipinski definition) is 1. The van der Waals surface area contributed by atoms with Crippen molar-refractivity contribution in [2.45, 2.75) is 38.6 Å². The van der Waals surface area contributed by atoms with Crippen LogP contribution in [0.2, 0.25) is 0 Å². The highest BCUT2D eigenvalue weighted by Crippen LogP contribution is 2.41. The number of fused-ring (bicyclic) bond motifs is 1. The van der Waals surface area contributed by atoms with Crippen LogP contribution in [0.3, 0.4) is 0 Å². The van der Waals surface area contributed by atoms with E-state index >= 15 is 0 Å². The second-order valence-electron chi connectivity index (χ2n) is 9.57. The second-order valence-corrected chi connectivity index (χ2v) is 9.57. The van der Waals surface area contributed by atoms with Crippen molar-refractivity contribution in [3.8, 4) is 11.5 Å². The van der Waals surface area contributed by atoms with Gasteiger partial charge in [0.25, 0.3) is 11.7 Å². The zero-order chi connectivity index (χ0) is 24.5. The van der Waals surface area contributed by atoms with Gasteiger partial charge in [-0.15, -0.1) is 0 Å². The summed E-state index contributed by atoms with van der Waals surface area (Å²) in [7, 11) is 1.60. The summed E-state index contributed by atoms with van der Waals surface area (Å²) in [6.07, 6.45) is 0.574. The molecule has 180 valence electrons. The number of carbonyl (C=O) groups excluding carboxylic acids is 2. The largest absolute Gasteiger partial charge is 0.507 e. The van der Waals surface area contributed by atoms with Crippen molar-refractivity contribution in [3.05, 3.63) is 64.7 Å². The summed E-state index contributed by atoms with van der Waals surface area (Å²) in [5.41, 5.74) is 2.34. The number of amides is 1. The summed E-state index contributed by atoms with van der Waals surface area (Å²) < 4.78 is 16.3. The van der Waals surface area contributed by atoms with Gasteiger partial charge < -0.3 is 24.2 Å². The maximum absolute atomic E-state index is 13.2. The van der Waals surface area contributed by atoms with Gasteiger partial charge in [-0.3, -0.25) is 9.59 Å². The standard InChI is InChI=1S/C27H31NO6/c1-27(2,3)19-9-6-17(7-10-19)23-22(25(30)26(31)28(23)12-5-13-32-4)24(29)18-8-11-20-21(16-18)34-15-14-33-20/h6-11,16,23,29H,5,12-15H2,1-4H3. The molecule has 0 aromatic heterocycles. The smallest absolute Gasteiger partial charge is 0.295 e. The first-order chi connectivity index (χ1) is 16.2. The number of benzene rings is 2. The Morgan fingerprint density at radius 1 is 1.06 bits per heavy atom. The van der Waals surface area contributed by atoms with E-state index in [1.165, 1.54) is 4.90 Å². The molecular formula is C27H31NO6. The van der Waals surface area contributed by atoms with E-state index in [0.717, 1.165) is 11.1 Å². The third-order valence-electron chi connectivity index (χ3n) is 6.20. The molecule has 34 heavy (non-hydrogen) atoms. The Labute approximate surface area is 199 Å². The van der Waals surface area contributed by atoms with Crippen LogP contribution in [0.1, 0.15) is 49.9 Å². The fraction of sp³-hybridized carbons (Fsp3) is 0.407. The van der Waals surface area contributed by atoms with E-state index in [0.29, 0.717) is 49.8 Å². The number of ketones is 1. The van der Waals surface area contributed by atoms with Gasteiger partial charge in [-0.05, 0) is 41.2 Å². The molecule has 2 aromatic carbocycles. The zero-order valence-electron chi connectivity index (χ0n) is 20.1. The van der Waals surface area contributed by atoms with Gasteiger partial charge in [0.2, 0.25) is 0 Å². The van der Waals surface area contributed by atoms with Crippen molar-refractivity contribution in [2.75, 3.05) is 33.5 Å². The molecule has 0 aliphatic carbocycles. The minimum atomic E-state index is -0.699. The maximum atomic E-state index is 13.2. The number of aliphatic hydroxyl groups excluding tert-OH is 1. The summed E-state index contributed by atoms with van der Waals surface area (Å²) in [6.45, 7) is 8.03. The van der Waals surface area contributed by atoms with Crippen LogP contribution in [-0.2, 0) is 19.7 Å². The average Bonchev–Trinajstić information content (AvgIpc) is 3.08. The SMILES string of the molecule is COCCCN1C(=O)C(=O)C(=C(O)c2ccc3c(c2)OCCO3)C1c1ccc(C(C)(C)C)cc1. The summed E-state index contributed by atoms with van der Waals surface area (Å²) >= 11 is 0. The highest BCUT2D eigenvalue weighted by atomic mass is 16.6. The Bertz CT molecular complexity index is 1110. The molecule has 1 unspecified atom stereocenters. The molecule has 2 aliphatic heterocycles. The number of hydrogen-bond acceptors (Lipinski definition) is 6. The Balaban J connectivity index is 1.80. The minimum absolute atomic E-state index is 0.0377. The highest BCUT2D eigenvalue weighted by molar-refractivity contribution is 6.46. The topological polar surface area (TPSA) is 85.3 Å². The van der Waals surface area contributed by atoms with E-state index in [9.17, 15) is 14.7 Å². The molecule has 1 saturated heterocycles. The van der Waals surface area contributed by atoms with Gasteiger partial charge in [-0.25, -0.2) is 0 Å². The third-order valence-corrected chi connectivity index (χ3v) is 6.20. The minimum Gasteiger partial charge on any atom is -0.507 e. The predicted octanol–water partition coefficient (Wildman–Crippen LogP) is 4.21. The van der Waals surface area contributed by atoms with Gasteiger partial charge in [0.1, 0.15) is 19.0 Å². The lowest BCUT2D eigenvalue weighted by Crippen LogP contribution is -2.31. The van der Waals surface area contributed by atoms with Crippen molar-refractivity contribution in [1.29, 1.82) is 0 Å². The fourth-order valence-electron chi connectivity index (χ4n) is 4.35. The van der Waals surface area contributed by atoms with Gasteiger partial charge in [0.15, 0.2) is 11.5 Å². The van der Waals surface area contributed by atoms with Crippen molar-refractivity contribution in [1.82, 2.24) is 4.90 Å². The summed E-state index contributed by atoms with van der Waals surface area (Å²) in [4.78, 5) is 27.7.